The van der Waals surface area contributed by atoms with E-state index in [4.69, 9.17) is 32.7 Å². The lowest BCUT2D eigenvalue weighted by Gasteiger charge is -2.03. The van der Waals surface area contributed by atoms with E-state index in [0.717, 1.165) is 45.7 Å². The summed E-state index contributed by atoms with van der Waals surface area (Å²) < 4.78 is 10.6. The average Bonchev–Trinajstić information content (AvgIpc) is 2.16. The highest BCUT2D eigenvalue weighted by molar-refractivity contribution is 6.18. The number of halogens is 2. The molecule has 80 valence electrons. The van der Waals surface area contributed by atoms with E-state index in [1.165, 1.54) is 0 Å². The van der Waals surface area contributed by atoms with Crippen LogP contribution in [-0.2, 0) is 9.47 Å². The molecule has 0 amide bonds. The average molecular weight is 229 g/mol. The maximum absolute atomic E-state index is 5.48. The van der Waals surface area contributed by atoms with Crippen LogP contribution in [0.1, 0.15) is 19.3 Å². The van der Waals surface area contributed by atoms with Crippen LogP contribution < -0.4 is 0 Å². The summed E-state index contributed by atoms with van der Waals surface area (Å²) in [6, 6.07) is 0. The van der Waals surface area contributed by atoms with Crippen molar-refractivity contribution >= 4 is 23.2 Å². The van der Waals surface area contributed by atoms with Gasteiger partial charge in [0, 0.05) is 38.2 Å². The monoisotopic (exact) mass is 228 g/mol. The van der Waals surface area contributed by atoms with Gasteiger partial charge in [0.2, 0.25) is 0 Å². The molecule has 0 aromatic rings. The van der Waals surface area contributed by atoms with Gasteiger partial charge in [-0.2, -0.15) is 0 Å². The van der Waals surface area contributed by atoms with Gasteiger partial charge < -0.3 is 9.47 Å². The highest BCUT2D eigenvalue weighted by atomic mass is 35.5. The Morgan fingerprint density at radius 3 is 1.38 bits per heavy atom. The van der Waals surface area contributed by atoms with Crippen LogP contribution in [0.4, 0.5) is 0 Å². The van der Waals surface area contributed by atoms with E-state index in [1.54, 1.807) is 0 Å². The number of hydrogen-bond acceptors (Lipinski definition) is 2. The summed E-state index contributed by atoms with van der Waals surface area (Å²) in [5.74, 6) is 1.35. The molecule has 0 fully saturated rings. The molecular formula is C9H18Cl2O2. The van der Waals surface area contributed by atoms with Crippen molar-refractivity contribution in [3.05, 3.63) is 0 Å². The third-order valence-corrected chi connectivity index (χ3v) is 1.96. The molecule has 0 bridgehead atoms. The lowest BCUT2D eigenvalue weighted by atomic mass is 10.4. The first kappa shape index (κ1) is 13.5. The van der Waals surface area contributed by atoms with Crippen molar-refractivity contribution in [2.75, 3.05) is 38.2 Å². The van der Waals surface area contributed by atoms with Gasteiger partial charge in [0.15, 0.2) is 0 Å². The topological polar surface area (TPSA) is 18.5 Å². The molecule has 0 aromatic heterocycles. The second-order valence-electron chi connectivity index (χ2n) is 2.66. The predicted octanol–water partition coefficient (Wildman–Crippen LogP) is 2.67. The summed E-state index contributed by atoms with van der Waals surface area (Å²) in [5.41, 5.74) is 0. The molecule has 0 heterocycles. The molecule has 0 N–H and O–H groups in total. The van der Waals surface area contributed by atoms with Crippen molar-refractivity contribution in [3.8, 4) is 0 Å². The van der Waals surface area contributed by atoms with Crippen LogP contribution >= 0.6 is 23.2 Å². The molecule has 0 atom stereocenters. The van der Waals surface area contributed by atoms with E-state index >= 15 is 0 Å². The first-order valence-electron chi connectivity index (χ1n) is 4.69. The lowest BCUT2D eigenvalue weighted by molar-refractivity contribution is 0.0837. The zero-order valence-electron chi connectivity index (χ0n) is 7.94. The van der Waals surface area contributed by atoms with E-state index in [-0.39, 0.29) is 0 Å². The molecule has 0 saturated heterocycles. The van der Waals surface area contributed by atoms with E-state index in [1.807, 2.05) is 0 Å². The number of ether oxygens (including phenoxy) is 2. The molecule has 0 aliphatic rings. The Hall–Kier alpha value is 0.500. The molecule has 0 aliphatic heterocycles. The van der Waals surface area contributed by atoms with Gasteiger partial charge in [0.05, 0.1) is 0 Å². The zero-order valence-corrected chi connectivity index (χ0v) is 9.45. The molecule has 0 radical (unpaired) electrons. The fraction of sp³-hybridized carbons (Fsp3) is 1.00. The third-order valence-electron chi connectivity index (χ3n) is 1.42. The van der Waals surface area contributed by atoms with E-state index in [2.05, 4.69) is 0 Å². The van der Waals surface area contributed by atoms with Crippen LogP contribution in [0, 0.1) is 0 Å². The van der Waals surface area contributed by atoms with E-state index in [9.17, 15) is 0 Å². The molecule has 0 rings (SSSR count). The normalized spacial score (nSPS) is 10.6. The highest BCUT2D eigenvalue weighted by Gasteiger charge is 1.90. The summed E-state index contributed by atoms with van der Waals surface area (Å²) in [6.45, 7) is 3.03. The Morgan fingerprint density at radius 2 is 1.00 bits per heavy atom. The number of alkyl halides is 2. The van der Waals surface area contributed by atoms with Gasteiger partial charge in [0.1, 0.15) is 0 Å². The Kier molecular flexibility index (Phi) is 13.0. The van der Waals surface area contributed by atoms with Gasteiger partial charge in [-0.1, -0.05) is 0 Å². The van der Waals surface area contributed by atoms with Crippen LogP contribution in [0.3, 0.4) is 0 Å². The van der Waals surface area contributed by atoms with Crippen molar-refractivity contribution in [2.45, 2.75) is 19.3 Å². The fourth-order valence-electron chi connectivity index (χ4n) is 0.780. The van der Waals surface area contributed by atoms with Gasteiger partial charge in [-0.25, -0.2) is 0 Å². The Bertz CT molecular complexity index is 81.7. The predicted molar refractivity (Wildman–Crippen MR) is 56.9 cm³/mol. The summed E-state index contributed by atoms with van der Waals surface area (Å²) in [7, 11) is 0. The first-order valence-corrected chi connectivity index (χ1v) is 5.76. The van der Waals surface area contributed by atoms with Crippen LogP contribution in [-0.4, -0.2) is 38.2 Å². The molecule has 2 nitrogen and oxygen atoms in total. The van der Waals surface area contributed by atoms with Gasteiger partial charge in [-0.05, 0) is 19.3 Å². The smallest absolute Gasteiger partial charge is 0.0487 e. The van der Waals surface area contributed by atoms with Crippen molar-refractivity contribution in [3.63, 3.8) is 0 Å². The highest BCUT2D eigenvalue weighted by Crippen LogP contribution is 1.91. The Balaban J connectivity index is 2.76. The van der Waals surface area contributed by atoms with Gasteiger partial charge in [-0.15, -0.1) is 23.2 Å². The lowest BCUT2D eigenvalue weighted by Crippen LogP contribution is -2.03. The van der Waals surface area contributed by atoms with E-state index in [0.29, 0.717) is 11.8 Å². The molecule has 13 heavy (non-hydrogen) atoms. The second kappa shape index (κ2) is 12.5. The molecule has 0 aliphatic carbocycles. The van der Waals surface area contributed by atoms with Crippen molar-refractivity contribution < 1.29 is 9.47 Å². The van der Waals surface area contributed by atoms with Crippen LogP contribution in [0.25, 0.3) is 0 Å². The third kappa shape index (κ3) is 12.5. The summed E-state index contributed by atoms with van der Waals surface area (Å²) in [5, 5.41) is 0. The summed E-state index contributed by atoms with van der Waals surface area (Å²) >= 11 is 11.0. The van der Waals surface area contributed by atoms with Crippen LogP contribution in [0.2, 0.25) is 0 Å². The Morgan fingerprint density at radius 1 is 0.615 bits per heavy atom. The van der Waals surface area contributed by atoms with Crippen molar-refractivity contribution in [1.29, 1.82) is 0 Å². The maximum Gasteiger partial charge on any atom is 0.0487 e. The zero-order chi connectivity index (χ0) is 9.78. The van der Waals surface area contributed by atoms with Crippen molar-refractivity contribution in [2.24, 2.45) is 0 Å². The Labute approximate surface area is 90.5 Å². The van der Waals surface area contributed by atoms with Gasteiger partial charge >= 0.3 is 0 Å². The molecule has 0 saturated carbocycles. The first-order chi connectivity index (χ1) is 6.41. The number of rotatable bonds is 10. The van der Waals surface area contributed by atoms with Gasteiger partial charge in [-0.3, -0.25) is 0 Å². The van der Waals surface area contributed by atoms with E-state index < -0.39 is 0 Å². The summed E-state index contributed by atoms with van der Waals surface area (Å²) in [6.07, 6.45) is 2.80. The minimum Gasteiger partial charge on any atom is -0.381 e. The minimum absolute atomic E-state index is 0.673. The molecule has 0 unspecified atom stereocenters. The van der Waals surface area contributed by atoms with Crippen LogP contribution in [0.15, 0.2) is 0 Å². The number of hydrogen-bond donors (Lipinski definition) is 0. The van der Waals surface area contributed by atoms with Gasteiger partial charge in [0.25, 0.3) is 0 Å². The molecule has 0 spiro atoms. The van der Waals surface area contributed by atoms with Crippen molar-refractivity contribution in [1.82, 2.24) is 0 Å². The quantitative estimate of drug-likeness (QED) is 0.423. The SMILES string of the molecule is ClCCCOCCCOCCCCl. The fourth-order valence-corrected chi connectivity index (χ4v) is 0.999. The second-order valence-corrected chi connectivity index (χ2v) is 3.42. The molecular weight excluding hydrogens is 211 g/mol. The molecule has 4 heteroatoms. The standard InChI is InChI=1S/C9H18Cl2O2/c10-4-1-6-12-8-3-9-13-7-2-5-11/h1-9H2. The summed E-state index contributed by atoms with van der Waals surface area (Å²) in [4.78, 5) is 0. The maximum atomic E-state index is 5.48. The van der Waals surface area contributed by atoms with Crippen LogP contribution in [0.5, 0.6) is 0 Å². The molecule has 0 aromatic carbocycles. The minimum atomic E-state index is 0.673. The largest absolute Gasteiger partial charge is 0.381 e.